The molecule has 3 aromatic rings. The number of fused-ring (bicyclic) bond motifs is 1. The van der Waals surface area contributed by atoms with Gasteiger partial charge in [-0.15, -0.1) is 17.9 Å². The highest BCUT2D eigenvalue weighted by molar-refractivity contribution is 8.00. The zero-order valence-corrected chi connectivity index (χ0v) is 18.3. The van der Waals surface area contributed by atoms with E-state index < -0.39 is 17.2 Å². The van der Waals surface area contributed by atoms with Crippen molar-refractivity contribution < 1.29 is 9.59 Å². The summed E-state index contributed by atoms with van der Waals surface area (Å²) in [4.78, 5) is 42.6. The van der Waals surface area contributed by atoms with Gasteiger partial charge in [0, 0.05) is 18.0 Å². The molecule has 0 bridgehead atoms. The molecule has 156 valence electrons. The van der Waals surface area contributed by atoms with Crippen LogP contribution in [0, 0.1) is 0 Å². The number of imide groups is 1. The standard InChI is InChI=1S/C21H22N4O3S2/c1-4-11-25-19(27)17-15(12-16(30-17)14-9-7-6-8-10-14)23-21(25)29-13(3)18(26)24-20(28)22-5-2/h4,6-10,12-13H,1,5,11H2,2-3H3,(H2,22,24,26,28). The Hall–Kier alpha value is -2.91. The number of thioether (sulfide) groups is 1. The summed E-state index contributed by atoms with van der Waals surface area (Å²) in [6.45, 7) is 7.83. The van der Waals surface area contributed by atoms with Crippen molar-refractivity contribution in [3.8, 4) is 10.4 Å². The quantitative estimate of drug-likeness (QED) is 0.331. The number of nitrogens with zero attached hydrogens (tertiary/aromatic N) is 2. The zero-order valence-electron chi connectivity index (χ0n) is 16.7. The zero-order chi connectivity index (χ0) is 21.7. The molecular formula is C21H22N4O3S2. The first kappa shape index (κ1) is 21.8. The molecule has 1 unspecified atom stereocenters. The van der Waals surface area contributed by atoms with Gasteiger partial charge in [0.05, 0.1) is 10.8 Å². The minimum Gasteiger partial charge on any atom is -0.338 e. The van der Waals surface area contributed by atoms with Gasteiger partial charge in [-0.05, 0) is 25.5 Å². The van der Waals surface area contributed by atoms with Crippen molar-refractivity contribution in [1.82, 2.24) is 20.2 Å². The maximum Gasteiger partial charge on any atom is 0.321 e. The summed E-state index contributed by atoms with van der Waals surface area (Å²) in [6, 6.07) is 11.1. The smallest absolute Gasteiger partial charge is 0.321 e. The second kappa shape index (κ2) is 9.73. The fourth-order valence-corrected chi connectivity index (χ4v) is 4.71. The lowest BCUT2D eigenvalue weighted by Crippen LogP contribution is -2.42. The van der Waals surface area contributed by atoms with Crippen molar-refractivity contribution in [3.63, 3.8) is 0 Å². The molecule has 3 amide bonds. The number of hydrogen-bond donors (Lipinski definition) is 2. The average molecular weight is 443 g/mol. The number of urea groups is 1. The van der Waals surface area contributed by atoms with E-state index in [1.165, 1.54) is 15.9 Å². The monoisotopic (exact) mass is 442 g/mol. The molecule has 0 saturated carbocycles. The number of allylic oxidation sites excluding steroid dienone is 1. The fourth-order valence-electron chi connectivity index (χ4n) is 2.75. The molecule has 9 heteroatoms. The molecule has 7 nitrogen and oxygen atoms in total. The van der Waals surface area contributed by atoms with Gasteiger partial charge >= 0.3 is 6.03 Å². The van der Waals surface area contributed by atoms with Crippen molar-refractivity contribution in [1.29, 1.82) is 0 Å². The van der Waals surface area contributed by atoms with Crippen molar-refractivity contribution in [2.24, 2.45) is 0 Å². The molecule has 3 rings (SSSR count). The van der Waals surface area contributed by atoms with Crippen LogP contribution in [0.2, 0.25) is 0 Å². The summed E-state index contributed by atoms with van der Waals surface area (Å²) >= 11 is 2.52. The van der Waals surface area contributed by atoms with Crippen molar-refractivity contribution >= 4 is 45.3 Å². The molecule has 2 heterocycles. The highest BCUT2D eigenvalue weighted by Gasteiger charge is 2.21. The molecule has 30 heavy (non-hydrogen) atoms. The van der Waals surface area contributed by atoms with E-state index in [0.29, 0.717) is 21.9 Å². The lowest BCUT2D eigenvalue weighted by molar-refractivity contribution is -0.119. The Balaban J connectivity index is 1.96. The van der Waals surface area contributed by atoms with E-state index in [1.54, 1.807) is 19.9 Å². The van der Waals surface area contributed by atoms with E-state index in [-0.39, 0.29) is 12.1 Å². The number of carbonyl (C=O) groups is 2. The molecule has 1 aromatic carbocycles. The first-order valence-corrected chi connectivity index (χ1v) is 11.1. The van der Waals surface area contributed by atoms with Gasteiger partial charge in [0.2, 0.25) is 5.91 Å². The highest BCUT2D eigenvalue weighted by atomic mass is 32.2. The van der Waals surface area contributed by atoms with Crippen molar-refractivity contribution in [3.05, 3.63) is 59.4 Å². The Labute approximate surface area is 182 Å². The summed E-state index contributed by atoms with van der Waals surface area (Å²) in [6.07, 6.45) is 1.62. The van der Waals surface area contributed by atoms with Crippen LogP contribution in [0.5, 0.6) is 0 Å². The third kappa shape index (κ3) is 4.80. The lowest BCUT2D eigenvalue weighted by atomic mass is 10.2. The lowest BCUT2D eigenvalue weighted by Gasteiger charge is -2.14. The SMILES string of the molecule is C=CCn1c(SC(C)C(=O)NC(=O)NCC)nc2cc(-c3ccccc3)sc2c1=O. The van der Waals surface area contributed by atoms with Crippen molar-refractivity contribution in [2.45, 2.75) is 30.8 Å². The van der Waals surface area contributed by atoms with Gasteiger partial charge in [0.1, 0.15) is 4.70 Å². The molecular weight excluding hydrogens is 420 g/mol. The molecule has 0 saturated heterocycles. The minimum atomic E-state index is -0.625. The molecule has 0 aliphatic heterocycles. The number of aromatic nitrogens is 2. The normalized spacial score (nSPS) is 11.8. The molecule has 2 N–H and O–H groups in total. The Morgan fingerprint density at radius 1 is 1.33 bits per heavy atom. The molecule has 0 aliphatic carbocycles. The Morgan fingerprint density at radius 2 is 2.07 bits per heavy atom. The van der Waals surface area contributed by atoms with E-state index in [2.05, 4.69) is 22.2 Å². The second-order valence-corrected chi connectivity index (χ2v) is 8.76. The first-order valence-electron chi connectivity index (χ1n) is 9.40. The van der Waals surface area contributed by atoms with Gasteiger partial charge in [0.15, 0.2) is 5.16 Å². The Bertz CT molecular complexity index is 1140. The number of carbonyl (C=O) groups excluding carboxylic acids is 2. The minimum absolute atomic E-state index is 0.175. The summed E-state index contributed by atoms with van der Waals surface area (Å²) in [7, 11) is 0. The maximum atomic E-state index is 13.1. The maximum absolute atomic E-state index is 13.1. The van der Waals surface area contributed by atoms with E-state index in [9.17, 15) is 14.4 Å². The predicted molar refractivity (Wildman–Crippen MR) is 122 cm³/mol. The summed E-state index contributed by atoms with van der Waals surface area (Å²) in [5.41, 5.74) is 1.42. The number of benzene rings is 1. The second-order valence-electron chi connectivity index (χ2n) is 6.40. The van der Waals surface area contributed by atoms with Crippen LogP contribution < -0.4 is 16.2 Å². The average Bonchev–Trinajstić information content (AvgIpc) is 3.16. The van der Waals surface area contributed by atoms with Crippen LogP contribution >= 0.6 is 23.1 Å². The third-order valence-corrected chi connectivity index (χ3v) is 6.45. The summed E-state index contributed by atoms with van der Waals surface area (Å²) in [5.74, 6) is -0.458. The van der Waals surface area contributed by atoms with E-state index >= 15 is 0 Å². The molecule has 1 atom stereocenters. The van der Waals surface area contributed by atoms with Crippen LogP contribution in [-0.2, 0) is 11.3 Å². The Kier molecular flexibility index (Phi) is 7.07. The predicted octanol–water partition coefficient (Wildman–Crippen LogP) is 3.64. The van der Waals surface area contributed by atoms with Crippen LogP contribution in [0.3, 0.4) is 0 Å². The number of nitrogens with one attached hydrogen (secondary N) is 2. The van der Waals surface area contributed by atoms with Gasteiger partial charge in [-0.2, -0.15) is 0 Å². The third-order valence-electron chi connectivity index (χ3n) is 4.19. The van der Waals surface area contributed by atoms with Gasteiger partial charge in [-0.25, -0.2) is 9.78 Å². The highest BCUT2D eigenvalue weighted by Crippen LogP contribution is 2.32. The summed E-state index contributed by atoms with van der Waals surface area (Å²) in [5, 5.41) is 4.58. The van der Waals surface area contributed by atoms with Crippen molar-refractivity contribution in [2.75, 3.05) is 6.54 Å². The van der Waals surface area contributed by atoms with E-state index in [4.69, 9.17) is 0 Å². The molecule has 2 aromatic heterocycles. The Morgan fingerprint density at radius 3 is 2.73 bits per heavy atom. The van der Waals surface area contributed by atoms with Crippen LogP contribution in [-0.4, -0.2) is 33.3 Å². The van der Waals surface area contributed by atoms with Crippen LogP contribution in [0.25, 0.3) is 20.7 Å². The molecule has 0 spiro atoms. The number of rotatable bonds is 7. The first-order chi connectivity index (χ1) is 14.4. The van der Waals surface area contributed by atoms with Crippen LogP contribution in [0.15, 0.2) is 59.0 Å². The van der Waals surface area contributed by atoms with Gasteiger partial charge in [-0.3, -0.25) is 19.5 Å². The fraction of sp³-hybridized carbons (Fsp3) is 0.238. The number of hydrogen-bond acceptors (Lipinski definition) is 6. The number of amides is 3. The topological polar surface area (TPSA) is 93.1 Å². The van der Waals surface area contributed by atoms with E-state index in [0.717, 1.165) is 22.2 Å². The van der Waals surface area contributed by atoms with Gasteiger partial charge < -0.3 is 5.32 Å². The molecule has 0 fully saturated rings. The summed E-state index contributed by atoms with van der Waals surface area (Å²) < 4.78 is 2.06. The van der Waals surface area contributed by atoms with Crippen LogP contribution in [0.4, 0.5) is 4.79 Å². The van der Waals surface area contributed by atoms with E-state index in [1.807, 2.05) is 36.4 Å². The van der Waals surface area contributed by atoms with Gasteiger partial charge in [0.25, 0.3) is 5.56 Å². The van der Waals surface area contributed by atoms with Crippen LogP contribution in [0.1, 0.15) is 13.8 Å². The largest absolute Gasteiger partial charge is 0.338 e. The molecule has 0 aliphatic rings. The molecule has 0 radical (unpaired) electrons. The number of thiophene rings is 1. The van der Waals surface area contributed by atoms with Gasteiger partial charge in [-0.1, -0.05) is 48.2 Å².